The maximum Gasteiger partial charge on any atom is 0.269 e. The molecular weight excluding hydrogens is 478 g/mol. The highest BCUT2D eigenvalue weighted by Gasteiger charge is 2.21. The molecule has 2 heterocycles. The first-order valence-electron chi connectivity index (χ1n) is 11.8. The van der Waals surface area contributed by atoms with Gasteiger partial charge in [0.05, 0.1) is 16.7 Å². The number of halogens is 1. The van der Waals surface area contributed by atoms with E-state index in [0.717, 1.165) is 22.7 Å². The largest absolute Gasteiger partial charge is 0.457 e. The standard InChI is InChI=1S/C27H28ClN5O3/c1-4-5-8-23(34)19-14-17(10-11-20(19)28)31-27-32-21-7-6-9-24(16(2)25(21)33-27)36-18-12-13-30-22(15-18)26(35)29-3/h5,7-13,15,17H,4,6,14H2,1-3H3,(H,29,35)(H2,31,32,33). The van der Waals surface area contributed by atoms with E-state index in [0.29, 0.717) is 40.9 Å². The van der Waals surface area contributed by atoms with Crippen LogP contribution in [-0.4, -0.2) is 39.7 Å². The second-order valence-corrected chi connectivity index (χ2v) is 8.76. The second kappa shape index (κ2) is 11.2. The van der Waals surface area contributed by atoms with Crippen molar-refractivity contribution in [2.75, 3.05) is 12.4 Å². The van der Waals surface area contributed by atoms with Crippen molar-refractivity contribution >= 4 is 40.9 Å². The molecule has 2 aromatic heterocycles. The van der Waals surface area contributed by atoms with Crippen molar-refractivity contribution in [3.63, 3.8) is 0 Å². The molecule has 0 saturated carbocycles. The number of rotatable bonds is 8. The first kappa shape index (κ1) is 25.2. The van der Waals surface area contributed by atoms with Gasteiger partial charge in [-0.2, -0.15) is 0 Å². The van der Waals surface area contributed by atoms with Gasteiger partial charge in [0.15, 0.2) is 5.78 Å². The average Bonchev–Trinajstić information content (AvgIpc) is 3.23. The fourth-order valence-electron chi connectivity index (χ4n) is 3.92. The predicted octanol–water partition coefficient (Wildman–Crippen LogP) is 3.25. The quantitative estimate of drug-likeness (QED) is 0.475. The molecule has 1 unspecified atom stereocenters. The van der Waals surface area contributed by atoms with E-state index in [1.165, 1.54) is 6.20 Å². The van der Waals surface area contributed by atoms with Gasteiger partial charge in [0, 0.05) is 41.9 Å². The molecule has 0 radical (unpaired) electrons. The number of allylic oxidation sites excluding steroid dienone is 6. The fraction of sp³-hybridized carbons (Fsp3) is 0.259. The van der Waals surface area contributed by atoms with Crippen LogP contribution in [0.3, 0.4) is 0 Å². The fourth-order valence-corrected chi connectivity index (χ4v) is 4.16. The molecule has 36 heavy (non-hydrogen) atoms. The summed E-state index contributed by atoms with van der Waals surface area (Å²) in [5, 5.41) is 8.03. The predicted molar refractivity (Wildman–Crippen MR) is 141 cm³/mol. The molecule has 0 aromatic carbocycles. The highest BCUT2D eigenvalue weighted by Crippen LogP contribution is 2.25. The van der Waals surface area contributed by atoms with Crippen LogP contribution >= 0.6 is 11.6 Å². The molecule has 1 atom stereocenters. The third-order valence-corrected chi connectivity index (χ3v) is 6.17. The molecule has 0 bridgehead atoms. The van der Waals surface area contributed by atoms with E-state index in [1.54, 1.807) is 31.3 Å². The number of carbonyl (C=O) groups excluding carboxylic acids is 2. The Labute approximate surface area is 214 Å². The van der Waals surface area contributed by atoms with Gasteiger partial charge in [0.2, 0.25) is 5.95 Å². The molecule has 1 amide bonds. The number of fused-ring (bicyclic) bond motifs is 1. The SMILES string of the molecule is CCC=CC(=O)C1=C(Cl)C=CC(Nc2nc3c([nH]2)=CCC=C(Oc2ccnc(C(=O)NC)c2)C=3C)C1. The number of pyridine rings is 1. The molecule has 4 rings (SSSR count). The monoisotopic (exact) mass is 505 g/mol. The summed E-state index contributed by atoms with van der Waals surface area (Å²) in [6, 6.07) is 3.17. The highest BCUT2D eigenvalue weighted by molar-refractivity contribution is 6.34. The molecular formula is C27H28ClN5O3. The Bertz CT molecular complexity index is 1430. The number of hydrogen-bond acceptors (Lipinski definition) is 6. The first-order valence-corrected chi connectivity index (χ1v) is 12.1. The van der Waals surface area contributed by atoms with Gasteiger partial charge in [-0.15, -0.1) is 0 Å². The maximum atomic E-state index is 12.5. The number of imidazole rings is 1. The van der Waals surface area contributed by atoms with E-state index < -0.39 is 0 Å². The molecule has 3 N–H and O–H groups in total. The Morgan fingerprint density at radius 3 is 2.94 bits per heavy atom. The summed E-state index contributed by atoms with van der Waals surface area (Å²) in [4.78, 5) is 36.6. The van der Waals surface area contributed by atoms with Gasteiger partial charge >= 0.3 is 0 Å². The Hall–Kier alpha value is -3.91. The molecule has 186 valence electrons. The van der Waals surface area contributed by atoms with Crippen LogP contribution in [-0.2, 0) is 4.79 Å². The van der Waals surface area contributed by atoms with Crippen molar-refractivity contribution in [3.05, 3.63) is 81.5 Å². The van der Waals surface area contributed by atoms with Gasteiger partial charge in [0.25, 0.3) is 5.91 Å². The third-order valence-electron chi connectivity index (χ3n) is 5.81. The van der Waals surface area contributed by atoms with Gasteiger partial charge in [-0.3, -0.25) is 14.6 Å². The molecule has 0 spiro atoms. The van der Waals surface area contributed by atoms with E-state index in [4.69, 9.17) is 21.3 Å². The Kier molecular flexibility index (Phi) is 7.85. The van der Waals surface area contributed by atoms with Gasteiger partial charge in [-0.05, 0) is 44.1 Å². The molecule has 8 nitrogen and oxygen atoms in total. The van der Waals surface area contributed by atoms with Gasteiger partial charge in [0.1, 0.15) is 17.2 Å². The number of carbonyl (C=O) groups is 2. The summed E-state index contributed by atoms with van der Waals surface area (Å²) in [6.45, 7) is 3.92. The Morgan fingerprint density at radius 2 is 2.17 bits per heavy atom. The third kappa shape index (κ3) is 5.66. The highest BCUT2D eigenvalue weighted by atomic mass is 35.5. The summed E-state index contributed by atoms with van der Waals surface area (Å²) in [5.41, 5.74) is 1.71. The number of nitrogens with one attached hydrogen (secondary N) is 3. The normalized spacial score (nSPS) is 17.3. The lowest BCUT2D eigenvalue weighted by Crippen LogP contribution is -2.26. The summed E-state index contributed by atoms with van der Waals surface area (Å²) in [6.07, 6.45) is 14.5. The van der Waals surface area contributed by atoms with Crippen LogP contribution in [0.15, 0.2) is 65.1 Å². The zero-order valence-corrected chi connectivity index (χ0v) is 21.1. The van der Waals surface area contributed by atoms with Crippen molar-refractivity contribution < 1.29 is 14.3 Å². The summed E-state index contributed by atoms with van der Waals surface area (Å²) in [7, 11) is 1.56. The molecule has 0 aliphatic heterocycles. The Morgan fingerprint density at radius 1 is 1.33 bits per heavy atom. The van der Waals surface area contributed by atoms with Crippen LogP contribution in [0.5, 0.6) is 5.75 Å². The van der Waals surface area contributed by atoms with Crippen molar-refractivity contribution in [1.29, 1.82) is 0 Å². The number of hydrogen-bond donors (Lipinski definition) is 3. The van der Waals surface area contributed by atoms with Crippen LogP contribution in [0, 0.1) is 0 Å². The molecule has 2 aliphatic carbocycles. The number of aromatic nitrogens is 3. The number of amides is 1. The first-order chi connectivity index (χ1) is 17.4. The summed E-state index contributed by atoms with van der Waals surface area (Å²) >= 11 is 6.29. The van der Waals surface area contributed by atoms with Crippen LogP contribution < -0.4 is 26.1 Å². The maximum absolute atomic E-state index is 12.5. The van der Waals surface area contributed by atoms with Crippen molar-refractivity contribution in [2.24, 2.45) is 0 Å². The zero-order chi connectivity index (χ0) is 25.7. The summed E-state index contributed by atoms with van der Waals surface area (Å²) < 4.78 is 6.12. The number of ketones is 1. The minimum atomic E-state index is -0.284. The molecule has 0 fully saturated rings. The van der Waals surface area contributed by atoms with Crippen molar-refractivity contribution in [2.45, 2.75) is 39.2 Å². The lowest BCUT2D eigenvalue weighted by molar-refractivity contribution is -0.111. The van der Waals surface area contributed by atoms with Crippen LogP contribution in [0.25, 0.3) is 11.6 Å². The number of ether oxygens (including phenoxy) is 1. The topological polar surface area (TPSA) is 109 Å². The lowest BCUT2D eigenvalue weighted by Gasteiger charge is -2.19. The summed E-state index contributed by atoms with van der Waals surface area (Å²) in [5.74, 6) is 1.39. The zero-order valence-electron chi connectivity index (χ0n) is 20.4. The smallest absolute Gasteiger partial charge is 0.269 e. The molecule has 2 aromatic rings. The van der Waals surface area contributed by atoms with Crippen LogP contribution in [0.2, 0.25) is 0 Å². The minimum Gasteiger partial charge on any atom is -0.457 e. The van der Waals surface area contributed by atoms with Crippen molar-refractivity contribution in [1.82, 2.24) is 20.3 Å². The molecule has 2 aliphatic rings. The lowest BCUT2D eigenvalue weighted by atomic mass is 9.96. The van der Waals surface area contributed by atoms with Gasteiger partial charge in [-0.1, -0.05) is 36.8 Å². The van der Waals surface area contributed by atoms with E-state index in [-0.39, 0.29) is 23.4 Å². The van der Waals surface area contributed by atoms with E-state index in [1.807, 2.05) is 38.2 Å². The second-order valence-electron chi connectivity index (χ2n) is 8.35. The average molecular weight is 506 g/mol. The van der Waals surface area contributed by atoms with Gasteiger partial charge < -0.3 is 20.4 Å². The van der Waals surface area contributed by atoms with Crippen LogP contribution in [0.4, 0.5) is 5.95 Å². The van der Waals surface area contributed by atoms with E-state index >= 15 is 0 Å². The number of nitrogens with zero attached hydrogens (tertiary/aromatic N) is 2. The molecule has 0 saturated heterocycles. The number of aromatic amines is 1. The van der Waals surface area contributed by atoms with E-state index in [9.17, 15) is 9.59 Å². The minimum absolute atomic E-state index is 0.0756. The van der Waals surface area contributed by atoms with Gasteiger partial charge in [-0.25, -0.2) is 4.98 Å². The van der Waals surface area contributed by atoms with Crippen LogP contribution in [0.1, 0.15) is 43.6 Å². The van der Waals surface area contributed by atoms with E-state index in [2.05, 4.69) is 20.6 Å². The number of H-pyrrole nitrogens is 1. The molecule has 9 heteroatoms. The van der Waals surface area contributed by atoms with Crippen molar-refractivity contribution in [3.8, 4) is 5.75 Å². The Balaban J connectivity index is 1.54. The number of anilines is 1.